The van der Waals surface area contributed by atoms with E-state index in [-0.39, 0.29) is 0 Å². The minimum atomic E-state index is 0.457. The summed E-state index contributed by atoms with van der Waals surface area (Å²) < 4.78 is 5.31. The molecule has 5 heteroatoms. The lowest BCUT2D eigenvalue weighted by Gasteiger charge is -2.14. The molecule has 2 N–H and O–H groups in total. The number of H-pyrrole nitrogens is 2. The van der Waals surface area contributed by atoms with Gasteiger partial charge in [-0.3, -0.25) is 4.90 Å². The Morgan fingerprint density at radius 2 is 2.12 bits per heavy atom. The Morgan fingerprint density at radius 3 is 3.04 bits per heavy atom. The highest BCUT2D eigenvalue weighted by molar-refractivity contribution is 5.83. The van der Waals surface area contributed by atoms with E-state index < -0.39 is 0 Å². The molecule has 5 rings (SSSR count). The molecule has 0 saturated carbocycles. The number of nitrogens with one attached hydrogen (secondary N) is 2. The van der Waals surface area contributed by atoms with E-state index in [1.54, 1.807) is 7.11 Å². The maximum atomic E-state index is 5.31. The fraction of sp³-hybridized carbons (Fsp3) is 0.286. The van der Waals surface area contributed by atoms with E-state index in [1.807, 2.05) is 18.2 Å². The van der Waals surface area contributed by atoms with Crippen LogP contribution < -0.4 is 4.74 Å². The largest absolute Gasteiger partial charge is 0.497 e. The minimum absolute atomic E-state index is 0.457. The van der Waals surface area contributed by atoms with E-state index in [0.29, 0.717) is 5.92 Å². The van der Waals surface area contributed by atoms with Crippen LogP contribution in [0, 0.1) is 0 Å². The van der Waals surface area contributed by atoms with Crippen molar-refractivity contribution in [3.8, 4) is 5.75 Å². The van der Waals surface area contributed by atoms with Gasteiger partial charge >= 0.3 is 0 Å². The van der Waals surface area contributed by atoms with Gasteiger partial charge in [0.2, 0.25) is 0 Å². The number of hydrogen-bond acceptors (Lipinski definition) is 3. The molecule has 5 nitrogen and oxygen atoms in total. The van der Waals surface area contributed by atoms with Crippen molar-refractivity contribution in [2.45, 2.75) is 18.9 Å². The highest BCUT2D eigenvalue weighted by atomic mass is 16.5. The Kier molecular flexibility index (Phi) is 3.68. The van der Waals surface area contributed by atoms with Crippen LogP contribution in [0.4, 0.5) is 0 Å². The van der Waals surface area contributed by atoms with Gasteiger partial charge in [0, 0.05) is 42.2 Å². The second kappa shape index (κ2) is 6.18. The normalized spacial score (nSPS) is 18.1. The molecule has 0 aliphatic carbocycles. The molecule has 26 heavy (non-hydrogen) atoms. The smallest absolute Gasteiger partial charge is 0.121 e. The molecule has 1 atom stereocenters. The molecular formula is C21H22N4O. The van der Waals surface area contributed by atoms with E-state index in [1.165, 1.54) is 16.5 Å². The molecule has 0 radical (unpaired) electrons. The molecule has 0 bridgehead atoms. The third-order valence-electron chi connectivity index (χ3n) is 5.44. The van der Waals surface area contributed by atoms with Crippen molar-refractivity contribution in [1.29, 1.82) is 0 Å². The predicted octanol–water partition coefficient (Wildman–Crippen LogP) is 4.04. The van der Waals surface area contributed by atoms with E-state index in [4.69, 9.17) is 9.72 Å². The van der Waals surface area contributed by atoms with Gasteiger partial charge in [0.05, 0.1) is 18.1 Å². The van der Waals surface area contributed by atoms with Crippen LogP contribution in [0.15, 0.2) is 48.7 Å². The molecule has 0 spiro atoms. The van der Waals surface area contributed by atoms with Crippen LogP contribution >= 0.6 is 0 Å². The Labute approximate surface area is 152 Å². The third kappa shape index (κ3) is 2.65. The first-order valence-electron chi connectivity index (χ1n) is 9.11. The first-order valence-corrected chi connectivity index (χ1v) is 9.11. The predicted molar refractivity (Wildman–Crippen MR) is 104 cm³/mol. The lowest BCUT2D eigenvalue weighted by Crippen LogP contribution is -2.19. The summed E-state index contributed by atoms with van der Waals surface area (Å²) in [5.41, 5.74) is 4.64. The van der Waals surface area contributed by atoms with Gasteiger partial charge in [-0.05, 0) is 36.7 Å². The van der Waals surface area contributed by atoms with Crippen LogP contribution in [0.5, 0.6) is 5.75 Å². The topological polar surface area (TPSA) is 56.9 Å². The fourth-order valence-corrected chi connectivity index (χ4v) is 4.03. The van der Waals surface area contributed by atoms with E-state index in [9.17, 15) is 0 Å². The molecule has 2 aromatic carbocycles. The minimum Gasteiger partial charge on any atom is -0.497 e. The average molecular weight is 346 g/mol. The number of methoxy groups -OCH3 is 1. The zero-order chi connectivity index (χ0) is 17.5. The Balaban J connectivity index is 1.34. The maximum Gasteiger partial charge on any atom is 0.121 e. The van der Waals surface area contributed by atoms with Crippen LogP contribution in [0.1, 0.15) is 23.7 Å². The second-order valence-electron chi connectivity index (χ2n) is 7.09. The van der Waals surface area contributed by atoms with Crippen molar-refractivity contribution in [3.63, 3.8) is 0 Å². The highest BCUT2D eigenvalue weighted by Crippen LogP contribution is 2.30. The zero-order valence-corrected chi connectivity index (χ0v) is 14.8. The van der Waals surface area contributed by atoms with Gasteiger partial charge in [0.1, 0.15) is 11.6 Å². The second-order valence-corrected chi connectivity index (χ2v) is 7.09. The lowest BCUT2D eigenvalue weighted by molar-refractivity contribution is 0.327. The number of para-hydroxylation sites is 1. The number of benzene rings is 2. The number of likely N-dealkylation sites (tertiary alicyclic amines) is 1. The molecule has 4 aromatic rings. The molecule has 2 aromatic heterocycles. The summed E-state index contributed by atoms with van der Waals surface area (Å²) in [5.74, 6) is 2.41. The van der Waals surface area contributed by atoms with Gasteiger partial charge in [0.15, 0.2) is 0 Å². The number of hydrogen-bond donors (Lipinski definition) is 2. The molecular weight excluding hydrogens is 324 g/mol. The number of fused-ring (bicyclic) bond motifs is 2. The average Bonchev–Trinajstić information content (AvgIpc) is 3.39. The SMILES string of the molecule is COc1ccc2nc(C3CCN(Cc4c[nH]c5ccccc45)C3)[nH]c2c1. The summed E-state index contributed by atoms with van der Waals surface area (Å²) >= 11 is 0. The number of nitrogens with zero attached hydrogens (tertiary/aromatic N) is 2. The summed E-state index contributed by atoms with van der Waals surface area (Å²) in [6, 6.07) is 14.5. The van der Waals surface area contributed by atoms with Gasteiger partial charge < -0.3 is 14.7 Å². The Morgan fingerprint density at radius 1 is 1.19 bits per heavy atom. The number of imidazole rings is 1. The summed E-state index contributed by atoms with van der Waals surface area (Å²) in [4.78, 5) is 14.2. The van der Waals surface area contributed by atoms with Gasteiger partial charge in [-0.1, -0.05) is 18.2 Å². The third-order valence-corrected chi connectivity index (χ3v) is 5.44. The number of rotatable bonds is 4. The Hall–Kier alpha value is -2.79. The summed E-state index contributed by atoms with van der Waals surface area (Å²) in [7, 11) is 1.69. The lowest BCUT2D eigenvalue weighted by atomic mass is 10.1. The summed E-state index contributed by atoms with van der Waals surface area (Å²) in [6.07, 6.45) is 3.28. The molecule has 1 saturated heterocycles. The molecule has 1 aliphatic heterocycles. The van der Waals surface area contributed by atoms with E-state index >= 15 is 0 Å². The van der Waals surface area contributed by atoms with E-state index in [2.05, 4.69) is 45.3 Å². The van der Waals surface area contributed by atoms with Crippen LogP contribution in [-0.2, 0) is 6.54 Å². The molecule has 1 fully saturated rings. The molecule has 1 aliphatic rings. The van der Waals surface area contributed by atoms with Crippen molar-refractivity contribution in [3.05, 3.63) is 60.0 Å². The first-order chi connectivity index (χ1) is 12.8. The highest BCUT2D eigenvalue weighted by Gasteiger charge is 2.26. The van der Waals surface area contributed by atoms with Gasteiger partial charge in [-0.25, -0.2) is 4.98 Å². The van der Waals surface area contributed by atoms with Crippen LogP contribution in [-0.4, -0.2) is 40.1 Å². The van der Waals surface area contributed by atoms with Crippen LogP contribution in [0.2, 0.25) is 0 Å². The number of aromatic amines is 2. The van der Waals surface area contributed by atoms with Crippen molar-refractivity contribution < 1.29 is 4.74 Å². The maximum absolute atomic E-state index is 5.31. The van der Waals surface area contributed by atoms with Crippen LogP contribution in [0.3, 0.4) is 0 Å². The van der Waals surface area contributed by atoms with Gasteiger partial charge in [-0.15, -0.1) is 0 Å². The fourth-order valence-electron chi connectivity index (χ4n) is 4.03. The summed E-state index contributed by atoms with van der Waals surface area (Å²) in [5, 5.41) is 1.33. The van der Waals surface area contributed by atoms with Crippen molar-refractivity contribution in [2.75, 3.05) is 20.2 Å². The van der Waals surface area contributed by atoms with E-state index in [0.717, 1.165) is 48.7 Å². The first kappa shape index (κ1) is 15.5. The quantitative estimate of drug-likeness (QED) is 0.586. The summed E-state index contributed by atoms with van der Waals surface area (Å²) in [6.45, 7) is 3.12. The molecule has 132 valence electrons. The van der Waals surface area contributed by atoms with Crippen molar-refractivity contribution in [1.82, 2.24) is 19.9 Å². The zero-order valence-electron chi connectivity index (χ0n) is 14.8. The number of aromatic nitrogens is 3. The van der Waals surface area contributed by atoms with Gasteiger partial charge in [-0.2, -0.15) is 0 Å². The molecule has 3 heterocycles. The molecule has 0 amide bonds. The number of ether oxygens (including phenoxy) is 1. The van der Waals surface area contributed by atoms with Crippen molar-refractivity contribution >= 4 is 21.9 Å². The standard InChI is InChI=1S/C21H22N4O/c1-26-16-6-7-19-20(10-16)24-21(23-19)14-8-9-25(12-14)13-15-11-22-18-5-3-2-4-17(15)18/h2-7,10-11,14,22H,8-9,12-13H2,1H3,(H,23,24). The van der Waals surface area contributed by atoms with Crippen LogP contribution in [0.25, 0.3) is 21.9 Å². The monoisotopic (exact) mass is 346 g/mol. The Bertz CT molecular complexity index is 1060. The van der Waals surface area contributed by atoms with Crippen molar-refractivity contribution in [2.24, 2.45) is 0 Å². The van der Waals surface area contributed by atoms with Gasteiger partial charge in [0.25, 0.3) is 0 Å². The molecule has 1 unspecified atom stereocenters.